The van der Waals surface area contributed by atoms with Crippen LogP contribution in [0.25, 0.3) is 0 Å². The summed E-state index contributed by atoms with van der Waals surface area (Å²) in [5.41, 5.74) is 0. The fourth-order valence-corrected chi connectivity index (χ4v) is 6.44. The number of quaternary nitrogens is 1. The van der Waals surface area contributed by atoms with Gasteiger partial charge in [0.05, 0.1) is 27.7 Å². The summed E-state index contributed by atoms with van der Waals surface area (Å²) >= 11 is 0. The number of likely N-dealkylation sites (N-methyl/N-ethyl adjacent to an activating group) is 1. The molecule has 0 aliphatic carbocycles. The van der Waals surface area contributed by atoms with Gasteiger partial charge in [-0.15, -0.1) is 0 Å². The van der Waals surface area contributed by atoms with E-state index in [-0.39, 0.29) is 23.8 Å². The van der Waals surface area contributed by atoms with Crippen LogP contribution in [0, 0.1) is 0 Å². The molecule has 0 spiro atoms. The van der Waals surface area contributed by atoms with Crippen LogP contribution in [0.3, 0.4) is 0 Å². The Bertz CT molecular complexity index is 767. The van der Waals surface area contributed by atoms with Gasteiger partial charge in [0.2, 0.25) is 5.91 Å². The van der Waals surface area contributed by atoms with Crippen LogP contribution in [-0.4, -0.2) is 80.1 Å². The van der Waals surface area contributed by atoms with E-state index in [0.717, 1.165) is 32.1 Å². The summed E-state index contributed by atoms with van der Waals surface area (Å²) in [6, 6.07) is -0.813. The molecule has 0 saturated carbocycles. The van der Waals surface area contributed by atoms with Gasteiger partial charge in [0.1, 0.15) is 6.04 Å². The summed E-state index contributed by atoms with van der Waals surface area (Å²) < 4.78 is 6.23. The molecule has 7 nitrogen and oxygen atoms in total. The van der Waals surface area contributed by atoms with Crippen molar-refractivity contribution in [3.63, 3.8) is 0 Å². The first kappa shape index (κ1) is 41.4. The fraction of sp³-hybridized carbons (Fsp3) is 0.921. The highest BCUT2D eigenvalue weighted by Crippen LogP contribution is 2.22. The van der Waals surface area contributed by atoms with Crippen LogP contribution in [0.4, 0.5) is 0 Å². The Kier molecular flexibility index (Phi) is 24.3. The van der Waals surface area contributed by atoms with Gasteiger partial charge in [0.15, 0.2) is 6.54 Å². The molecule has 0 aromatic heterocycles. The molecule has 7 heteroatoms. The molecule has 0 aromatic carbocycles. The van der Waals surface area contributed by atoms with Gasteiger partial charge in [-0.1, -0.05) is 149 Å². The lowest BCUT2D eigenvalue weighted by Crippen LogP contribution is -2.47. The lowest BCUT2D eigenvalue weighted by atomic mass is 10.0. The standard InChI is InChI=1S/C38H73N3O4/c1-6-8-10-12-14-16-18-20-22-24-26-28-30-45-38(44)35-31-34(39-36(42)33-41(3,4)5)32-40(35)37(43)29-27-25-23-21-19-17-15-13-11-9-7-2/h34-35H,6-33H2,1-5H3/p+1/t34-,35+/m1/s1. The summed E-state index contributed by atoms with van der Waals surface area (Å²) in [6.45, 7) is 5.67. The van der Waals surface area contributed by atoms with Gasteiger partial charge in [-0.3, -0.25) is 9.59 Å². The largest absolute Gasteiger partial charge is 0.464 e. The molecule has 0 aromatic rings. The molecule has 1 heterocycles. The molecule has 0 bridgehead atoms. The van der Waals surface area contributed by atoms with Crippen molar-refractivity contribution in [3.8, 4) is 0 Å². The Balaban J connectivity index is 2.38. The number of hydrogen-bond acceptors (Lipinski definition) is 4. The average Bonchev–Trinajstić information content (AvgIpc) is 3.41. The van der Waals surface area contributed by atoms with Crippen LogP contribution in [0.5, 0.6) is 0 Å². The highest BCUT2D eigenvalue weighted by molar-refractivity contribution is 5.86. The van der Waals surface area contributed by atoms with E-state index >= 15 is 0 Å². The van der Waals surface area contributed by atoms with Gasteiger partial charge in [0.25, 0.3) is 5.91 Å². The first-order valence-electron chi connectivity index (χ1n) is 19.2. The highest BCUT2D eigenvalue weighted by Gasteiger charge is 2.41. The summed E-state index contributed by atoms with van der Waals surface area (Å²) in [5.74, 6) is -0.342. The van der Waals surface area contributed by atoms with E-state index in [0.29, 0.717) is 37.0 Å². The number of nitrogens with one attached hydrogen (secondary N) is 1. The minimum Gasteiger partial charge on any atom is -0.464 e. The number of rotatable bonds is 29. The molecular weight excluding hydrogens is 562 g/mol. The number of unbranched alkanes of at least 4 members (excludes halogenated alkanes) is 21. The van der Waals surface area contributed by atoms with Crippen molar-refractivity contribution in [2.24, 2.45) is 0 Å². The third kappa shape index (κ3) is 22.5. The molecule has 1 N–H and O–H groups in total. The predicted octanol–water partition coefficient (Wildman–Crippen LogP) is 8.72. The Hall–Kier alpha value is -1.63. The molecular formula is C38H74N3O4+. The highest BCUT2D eigenvalue weighted by atomic mass is 16.5. The van der Waals surface area contributed by atoms with Gasteiger partial charge in [-0.05, 0) is 12.8 Å². The zero-order chi connectivity index (χ0) is 33.2. The zero-order valence-electron chi connectivity index (χ0n) is 30.5. The Morgan fingerprint density at radius 1 is 0.644 bits per heavy atom. The van der Waals surface area contributed by atoms with Crippen LogP contribution in [-0.2, 0) is 19.1 Å². The molecule has 0 radical (unpaired) electrons. The SMILES string of the molecule is CCCCCCCCCCCCCCOC(=O)[C@@H]1C[C@@H](NC(=O)C[N+](C)(C)C)CN1C(=O)CCCCCCCCCCCCC. The van der Waals surface area contributed by atoms with Crippen molar-refractivity contribution in [2.45, 2.75) is 186 Å². The molecule has 0 unspecified atom stereocenters. The quantitative estimate of drug-likeness (QED) is 0.0506. The molecule has 1 fully saturated rings. The van der Waals surface area contributed by atoms with Crippen molar-refractivity contribution in [2.75, 3.05) is 40.8 Å². The average molecular weight is 637 g/mol. The number of esters is 1. The normalized spacial score (nSPS) is 16.7. The maximum absolute atomic E-state index is 13.3. The lowest BCUT2D eigenvalue weighted by Gasteiger charge is -2.24. The van der Waals surface area contributed by atoms with E-state index < -0.39 is 6.04 Å². The Labute approximate surface area is 278 Å². The maximum atomic E-state index is 13.3. The van der Waals surface area contributed by atoms with Crippen molar-refractivity contribution >= 4 is 17.8 Å². The second kappa shape index (κ2) is 26.4. The van der Waals surface area contributed by atoms with Crippen molar-refractivity contribution in [1.29, 1.82) is 0 Å². The Morgan fingerprint density at radius 2 is 1.07 bits per heavy atom. The van der Waals surface area contributed by atoms with Gasteiger partial charge >= 0.3 is 5.97 Å². The minimum atomic E-state index is -0.600. The maximum Gasteiger partial charge on any atom is 0.328 e. The van der Waals surface area contributed by atoms with Crippen LogP contribution < -0.4 is 5.32 Å². The van der Waals surface area contributed by atoms with Gasteiger partial charge in [-0.25, -0.2) is 4.79 Å². The van der Waals surface area contributed by atoms with Crippen molar-refractivity contribution in [1.82, 2.24) is 10.2 Å². The number of nitrogens with zero attached hydrogens (tertiary/aromatic N) is 2. The number of hydrogen-bond donors (Lipinski definition) is 1. The molecule has 45 heavy (non-hydrogen) atoms. The summed E-state index contributed by atoms with van der Waals surface area (Å²) in [6.07, 6.45) is 29.7. The fourth-order valence-electron chi connectivity index (χ4n) is 6.44. The van der Waals surface area contributed by atoms with Gasteiger partial charge in [-0.2, -0.15) is 0 Å². The molecule has 1 aliphatic rings. The number of carbonyl (C=O) groups excluding carboxylic acids is 3. The summed E-state index contributed by atoms with van der Waals surface area (Å²) in [4.78, 5) is 40.7. The zero-order valence-corrected chi connectivity index (χ0v) is 30.5. The third-order valence-corrected chi connectivity index (χ3v) is 9.11. The number of carbonyl (C=O) groups is 3. The second-order valence-electron chi connectivity index (χ2n) is 14.9. The second-order valence-corrected chi connectivity index (χ2v) is 14.9. The first-order chi connectivity index (χ1) is 21.7. The van der Waals surface area contributed by atoms with Crippen LogP contribution in [0.1, 0.15) is 174 Å². The molecule has 1 saturated heterocycles. The van der Waals surface area contributed by atoms with E-state index in [9.17, 15) is 14.4 Å². The van der Waals surface area contributed by atoms with Gasteiger partial charge in [0, 0.05) is 25.4 Å². The molecule has 2 amide bonds. The molecule has 264 valence electrons. The minimum absolute atomic E-state index is 0.0154. The van der Waals surface area contributed by atoms with E-state index in [4.69, 9.17) is 4.74 Å². The van der Waals surface area contributed by atoms with Crippen molar-refractivity contribution in [3.05, 3.63) is 0 Å². The first-order valence-corrected chi connectivity index (χ1v) is 19.2. The Morgan fingerprint density at radius 3 is 1.51 bits per heavy atom. The van der Waals surface area contributed by atoms with Crippen LogP contribution >= 0.6 is 0 Å². The predicted molar refractivity (Wildman–Crippen MR) is 188 cm³/mol. The monoisotopic (exact) mass is 637 g/mol. The van der Waals surface area contributed by atoms with Crippen molar-refractivity contribution < 1.29 is 23.6 Å². The smallest absolute Gasteiger partial charge is 0.328 e. The number of amides is 2. The molecule has 1 rings (SSSR count). The molecule has 2 atom stereocenters. The number of likely N-dealkylation sites (tertiary alicyclic amines) is 1. The lowest BCUT2D eigenvalue weighted by molar-refractivity contribution is -0.862. The van der Waals surface area contributed by atoms with E-state index in [2.05, 4.69) is 19.2 Å². The van der Waals surface area contributed by atoms with E-state index in [1.165, 1.54) is 116 Å². The van der Waals surface area contributed by atoms with E-state index in [1.54, 1.807) is 4.90 Å². The number of ether oxygens (including phenoxy) is 1. The van der Waals surface area contributed by atoms with E-state index in [1.807, 2.05) is 21.1 Å². The van der Waals surface area contributed by atoms with Gasteiger partial charge < -0.3 is 19.4 Å². The topological polar surface area (TPSA) is 75.7 Å². The molecule has 1 aliphatic heterocycles. The summed E-state index contributed by atoms with van der Waals surface area (Å²) in [5, 5.41) is 3.08. The summed E-state index contributed by atoms with van der Waals surface area (Å²) in [7, 11) is 5.94. The third-order valence-electron chi connectivity index (χ3n) is 9.11. The van der Waals surface area contributed by atoms with Crippen LogP contribution in [0.15, 0.2) is 0 Å². The van der Waals surface area contributed by atoms with Crippen LogP contribution in [0.2, 0.25) is 0 Å².